The van der Waals surface area contributed by atoms with E-state index in [9.17, 15) is 9.18 Å². The second kappa shape index (κ2) is 9.33. The molecule has 6 nitrogen and oxygen atoms in total. The Hall–Kier alpha value is -3.23. The van der Waals surface area contributed by atoms with Gasteiger partial charge in [-0.15, -0.1) is 0 Å². The highest BCUT2D eigenvalue weighted by atomic mass is 32.1. The predicted octanol–water partition coefficient (Wildman–Crippen LogP) is 4.15. The third-order valence-electron chi connectivity index (χ3n) is 6.01. The minimum absolute atomic E-state index is 0.127. The van der Waals surface area contributed by atoms with Gasteiger partial charge in [0, 0.05) is 39.3 Å². The topological polar surface area (TPSA) is 57.7 Å². The lowest BCUT2D eigenvalue weighted by Crippen LogP contribution is -2.48. The number of thiazole rings is 1. The number of hydrogen-bond donors (Lipinski definition) is 1. The highest BCUT2D eigenvalue weighted by Gasteiger charge is 2.20. The Morgan fingerprint density at radius 2 is 1.85 bits per heavy atom. The minimum atomic E-state index is -0.231. The lowest BCUT2D eigenvalue weighted by atomic mass is 10.1. The van der Waals surface area contributed by atoms with Crippen LogP contribution in [0.25, 0.3) is 21.0 Å². The standard InChI is InChI=1S/C25H25FN4O2S/c1-32-22-15-18-5-3-2-4-17(18)14-20(22)24(31)27-8-9-29-10-12-30(13-11-29)25-28-21-7-6-19(26)16-23(21)33-25/h2-7,14-16H,8-13H2,1H3,(H,27,31). The Labute approximate surface area is 195 Å². The summed E-state index contributed by atoms with van der Waals surface area (Å²) in [5.74, 6) is 0.222. The molecule has 0 radical (unpaired) electrons. The van der Waals surface area contributed by atoms with Crippen LogP contribution in [-0.4, -0.2) is 62.2 Å². The fraction of sp³-hybridized carbons (Fsp3) is 0.280. The maximum absolute atomic E-state index is 13.5. The second-order valence-corrected chi connectivity index (χ2v) is 9.10. The minimum Gasteiger partial charge on any atom is -0.496 e. The maximum Gasteiger partial charge on any atom is 0.255 e. The van der Waals surface area contributed by atoms with Crippen LogP contribution in [0.2, 0.25) is 0 Å². The van der Waals surface area contributed by atoms with Gasteiger partial charge in [0.25, 0.3) is 5.91 Å². The van der Waals surface area contributed by atoms with Gasteiger partial charge in [0.2, 0.25) is 0 Å². The van der Waals surface area contributed by atoms with Gasteiger partial charge in [0.15, 0.2) is 5.13 Å². The third-order valence-corrected chi connectivity index (χ3v) is 7.09. The number of halogens is 1. The number of hydrogen-bond acceptors (Lipinski definition) is 6. The summed E-state index contributed by atoms with van der Waals surface area (Å²) in [5, 5.41) is 6.02. The highest BCUT2D eigenvalue weighted by molar-refractivity contribution is 7.22. The van der Waals surface area contributed by atoms with Crippen LogP contribution in [-0.2, 0) is 0 Å². The summed E-state index contributed by atoms with van der Waals surface area (Å²) >= 11 is 1.53. The van der Waals surface area contributed by atoms with Crippen LogP contribution in [0.1, 0.15) is 10.4 Å². The monoisotopic (exact) mass is 464 g/mol. The number of rotatable bonds is 6. The molecule has 1 fully saturated rings. The van der Waals surface area contributed by atoms with Crippen molar-refractivity contribution in [2.45, 2.75) is 0 Å². The van der Waals surface area contributed by atoms with Crippen molar-refractivity contribution < 1.29 is 13.9 Å². The second-order valence-electron chi connectivity index (χ2n) is 8.09. The van der Waals surface area contributed by atoms with E-state index in [1.165, 1.54) is 17.4 Å². The fourth-order valence-electron chi connectivity index (χ4n) is 4.17. The number of nitrogens with zero attached hydrogens (tertiary/aromatic N) is 3. The molecule has 0 saturated carbocycles. The molecule has 0 atom stereocenters. The molecule has 4 aromatic rings. The van der Waals surface area contributed by atoms with Crippen molar-refractivity contribution in [3.05, 3.63) is 66.0 Å². The van der Waals surface area contributed by atoms with Gasteiger partial charge in [-0.25, -0.2) is 9.37 Å². The molecule has 1 saturated heterocycles. The molecule has 0 bridgehead atoms. The molecule has 1 amide bonds. The van der Waals surface area contributed by atoms with Gasteiger partial charge >= 0.3 is 0 Å². The van der Waals surface area contributed by atoms with E-state index in [4.69, 9.17) is 4.74 Å². The molecule has 1 aromatic heterocycles. The average Bonchev–Trinajstić information content (AvgIpc) is 3.26. The molecular weight excluding hydrogens is 439 g/mol. The summed E-state index contributed by atoms with van der Waals surface area (Å²) < 4.78 is 19.8. The third kappa shape index (κ3) is 4.62. The van der Waals surface area contributed by atoms with E-state index in [2.05, 4.69) is 20.1 Å². The first-order valence-electron chi connectivity index (χ1n) is 11.0. The molecule has 33 heavy (non-hydrogen) atoms. The number of amides is 1. The molecule has 0 aliphatic carbocycles. The quantitative estimate of drug-likeness (QED) is 0.465. The first-order chi connectivity index (χ1) is 16.1. The van der Waals surface area contributed by atoms with Gasteiger partial charge in [0.1, 0.15) is 11.6 Å². The van der Waals surface area contributed by atoms with Gasteiger partial charge in [0.05, 0.1) is 22.9 Å². The van der Waals surface area contributed by atoms with E-state index in [0.29, 0.717) is 17.9 Å². The number of carbonyl (C=O) groups excluding carboxylic acids is 1. The summed E-state index contributed by atoms with van der Waals surface area (Å²) in [5.41, 5.74) is 1.39. The van der Waals surface area contributed by atoms with Gasteiger partial charge in [-0.2, -0.15) is 0 Å². The first-order valence-corrected chi connectivity index (χ1v) is 11.8. The number of aromatic nitrogens is 1. The Morgan fingerprint density at radius 1 is 1.09 bits per heavy atom. The van der Waals surface area contributed by atoms with Gasteiger partial charge in [-0.3, -0.25) is 9.69 Å². The van der Waals surface area contributed by atoms with Crippen molar-refractivity contribution >= 4 is 43.4 Å². The molecule has 1 aliphatic rings. The van der Waals surface area contributed by atoms with Gasteiger partial charge in [-0.1, -0.05) is 35.6 Å². The molecule has 0 unspecified atom stereocenters. The average molecular weight is 465 g/mol. The van der Waals surface area contributed by atoms with Crippen LogP contribution in [0.4, 0.5) is 9.52 Å². The molecule has 1 N–H and O–H groups in total. The van der Waals surface area contributed by atoms with E-state index in [1.54, 1.807) is 19.2 Å². The first kappa shape index (κ1) is 21.6. The fourth-order valence-corrected chi connectivity index (χ4v) is 5.21. The molecule has 8 heteroatoms. The van der Waals surface area contributed by atoms with Crippen LogP contribution in [0.5, 0.6) is 5.75 Å². The Bertz CT molecular complexity index is 1300. The van der Waals surface area contributed by atoms with Crippen LogP contribution in [0, 0.1) is 5.82 Å². The normalized spacial score (nSPS) is 14.7. The molecule has 2 heterocycles. The SMILES string of the molecule is COc1cc2ccccc2cc1C(=O)NCCN1CCN(c2nc3ccc(F)cc3s2)CC1. The maximum atomic E-state index is 13.5. The molecule has 170 valence electrons. The zero-order chi connectivity index (χ0) is 22.8. The molecule has 0 spiro atoms. The number of methoxy groups -OCH3 is 1. The lowest BCUT2D eigenvalue weighted by Gasteiger charge is -2.34. The summed E-state index contributed by atoms with van der Waals surface area (Å²) in [6, 6.07) is 16.4. The van der Waals surface area contributed by atoms with E-state index in [-0.39, 0.29) is 11.7 Å². The van der Waals surface area contributed by atoms with Crippen molar-refractivity contribution in [2.75, 3.05) is 51.3 Å². The molecule has 3 aromatic carbocycles. The van der Waals surface area contributed by atoms with E-state index >= 15 is 0 Å². The van der Waals surface area contributed by atoms with E-state index < -0.39 is 0 Å². The highest BCUT2D eigenvalue weighted by Crippen LogP contribution is 2.30. The van der Waals surface area contributed by atoms with Crippen molar-refractivity contribution in [1.29, 1.82) is 0 Å². The number of carbonyl (C=O) groups is 1. The summed E-state index contributed by atoms with van der Waals surface area (Å²) in [6.45, 7) is 4.83. The smallest absolute Gasteiger partial charge is 0.255 e. The number of piperazine rings is 1. The zero-order valence-electron chi connectivity index (χ0n) is 18.4. The number of ether oxygens (including phenoxy) is 1. The van der Waals surface area contributed by atoms with E-state index in [1.807, 2.05) is 36.4 Å². The Kier molecular flexibility index (Phi) is 6.11. The predicted molar refractivity (Wildman–Crippen MR) is 131 cm³/mol. The largest absolute Gasteiger partial charge is 0.496 e. The van der Waals surface area contributed by atoms with Crippen molar-refractivity contribution in [3.8, 4) is 5.75 Å². The van der Waals surface area contributed by atoms with Crippen molar-refractivity contribution in [2.24, 2.45) is 0 Å². The van der Waals surface area contributed by atoms with Crippen LogP contribution in [0.3, 0.4) is 0 Å². The number of anilines is 1. The Morgan fingerprint density at radius 3 is 2.61 bits per heavy atom. The van der Waals surface area contributed by atoms with Gasteiger partial charge < -0.3 is 15.0 Å². The van der Waals surface area contributed by atoms with Crippen LogP contribution in [0.15, 0.2) is 54.6 Å². The summed E-state index contributed by atoms with van der Waals surface area (Å²) in [7, 11) is 1.59. The van der Waals surface area contributed by atoms with Crippen LogP contribution < -0.4 is 15.0 Å². The number of benzene rings is 3. The number of nitrogens with one attached hydrogen (secondary N) is 1. The van der Waals surface area contributed by atoms with E-state index in [0.717, 1.165) is 58.8 Å². The molecular formula is C25H25FN4O2S. The van der Waals surface area contributed by atoms with Crippen molar-refractivity contribution in [1.82, 2.24) is 15.2 Å². The van der Waals surface area contributed by atoms with Gasteiger partial charge in [-0.05, 0) is 41.1 Å². The summed E-state index contributed by atoms with van der Waals surface area (Å²) in [6.07, 6.45) is 0. The van der Waals surface area contributed by atoms with Crippen molar-refractivity contribution in [3.63, 3.8) is 0 Å². The zero-order valence-corrected chi connectivity index (χ0v) is 19.2. The number of fused-ring (bicyclic) bond motifs is 2. The molecule has 5 rings (SSSR count). The lowest BCUT2D eigenvalue weighted by molar-refractivity contribution is 0.0945. The summed E-state index contributed by atoms with van der Waals surface area (Å²) in [4.78, 5) is 22.0. The Balaban J connectivity index is 1.14. The molecule has 1 aliphatic heterocycles. The van der Waals surface area contributed by atoms with Crippen LogP contribution >= 0.6 is 11.3 Å².